The number of aromatic amines is 1. The third-order valence-corrected chi connectivity index (χ3v) is 3.46. The summed E-state index contributed by atoms with van der Waals surface area (Å²) in [7, 11) is 0. The Bertz CT molecular complexity index is 363. The number of carbonyl (C=O) groups excluding carboxylic acids is 1. The van der Waals surface area contributed by atoms with Crippen LogP contribution >= 0.6 is 15.9 Å². The van der Waals surface area contributed by atoms with Crippen LogP contribution in [0.25, 0.3) is 0 Å². The normalized spacial score (nSPS) is 21.7. The summed E-state index contributed by atoms with van der Waals surface area (Å²) in [4.78, 5) is 14.4. The number of aromatic nitrogens is 2. The summed E-state index contributed by atoms with van der Waals surface area (Å²) in [5, 5.41) is 6.66. The molecule has 1 N–H and O–H groups in total. The van der Waals surface area contributed by atoms with Crippen molar-refractivity contribution in [2.75, 3.05) is 13.1 Å². The zero-order valence-electron chi connectivity index (χ0n) is 8.66. The van der Waals surface area contributed by atoms with Crippen LogP contribution in [0.1, 0.15) is 28.9 Å². The highest BCUT2D eigenvalue weighted by Gasteiger charge is 2.24. The molecular formula is C10H14BrN3O. The maximum atomic E-state index is 12.1. The smallest absolute Gasteiger partial charge is 0.257 e. The number of hydrogen-bond acceptors (Lipinski definition) is 2. The van der Waals surface area contributed by atoms with Gasteiger partial charge in [0.15, 0.2) is 0 Å². The molecule has 1 aliphatic rings. The predicted molar refractivity (Wildman–Crippen MR) is 61.2 cm³/mol. The van der Waals surface area contributed by atoms with E-state index in [0.717, 1.165) is 31.6 Å². The molecule has 1 saturated heterocycles. The van der Waals surface area contributed by atoms with Gasteiger partial charge in [0.05, 0.1) is 11.8 Å². The first kappa shape index (κ1) is 10.7. The lowest BCUT2D eigenvalue weighted by Gasteiger charge is -2.29. The highest BCUT2D eigenvalue weighted by atomic mass is 79.9. The van der Waals surface area contributed by atoms with Gasteiger partial charge in [-0.15, -0.1) is 0 Å². The Kier molecular flexibility index (Phi) is 3.09. The fourth-order valence-electron chi connectivity index (χ4n) is 1.85. The first-order valence-electron chi connectivity index (χ1n) is 5.12. The number of piperidine rings is 1. The van der Waals surface area contributed by atoms with Crippen LogP contribution in [0.2, 0.25) is 0 Å². The lowest BCUT2D eigenvalue weighted by molar-refractivity contribution is 0.0729. The van der Waals surface area contributed by atoms with E-state index in [0.29, 0.717) is 10.4 Å². The van der Waals surface area contributed by atoms with E-state index in [1.165, 1.54) is 0 Å². The lowest BCUT2D eigenvalue weighted by Crippen LogP contribution is -2.40. The van der Waals surface area contributed by atoms with Crippen molar-refractivity contribution < 1.29 is 4.79 Å². The third kappa shape index (κ3) is 2.22. The Morgan fingerprint density at radius 2 is 2.53 bits per heavy atom. The van der Waals surface area contributed by atoms with Gasteiger partial charge in [0.25, 0.3) is 5.91 Å². The van der Waals surface area contributed by atoms with E-state index in [-0.39, 0.29) is 5.91 Å². The van der Waals surface area contributed by atoms with Crippen LogP contribution in [0.5, 0.6) is 0 Å². The summed E-state index contributed by atoms with van der Waals surface area (Å²) < 4.78 is 0. The lowest BCUT2D eigenvalue weighted by atomic mass is 10.1. The van der Waals surface area contributed by atoms with Gasteiger partial charge in [0, 0.05) is 23.6 Å². The molecule has 1 aliphatic heterocycles. The molecule has 0 radical (unpaired) electrons. The summed E-state index contributed by atoms with van der Waals surface area (Å²) in [6.45, 7) is 3.52. The molecule has 4 nitrogen and oxygen atoms in total. The number of carbonyl (C=O) groups is 1. The Labute approximate surface area is 97.2 Å². The van der Waals surface area contributed by atoms with E-state index < -0.39 is 0 Å². The molecule has 1 amide bonds. The van der Waals surface area contributed by atoms with Gasteiger partial charge in [0.2, 0.25) is 0 Å². The highest BCUT2D eigenvalue weighted by Crippen LogP contribution is 2.19. The monoisotopic (exact) mass is 271 g/mol. The molecular weight excluding hydrogens is 258 g/mol. The number of likely N-dealkylation sites (tertiary alicyclic amines) is 1. The van der Waals surface area contributed by atoms with Crippen LogP contribution in [0.4, 0.5) is 0 Å². The van der Waals surface area contributed by atoms with Gasteiger partial charge in [0.1, 0.15) is 0 Å². The Balaban J connectivity index is 2.11. The molecule has 1 atom stereocenters. The molecule has 1 fully saturated rings. The predicted octanol–water partition coefficient (Wildman–Crippen LogP) is 1.72. The molecule has 82 valence electrons. The second-order valence-corrected chi connectivity index (χ2v) is 5.19. The van der Waals surface area contributed by atoms with Crippen LogP contribution < -0.4 is 0 Å². The zero-order valence-corrected chi connectivity index (χ0v) is 10.2. The van der Waals surface area contributed by atoms with Crippen molar-refractivity contribution in [1.82, 2.24) is 15.1 Å². The molecule has 0 spiro atoms. The molecule has 1 aromatic rings. The summed E-state index contributed by atoms with van der Waals surface area (Å²) in [6, 6.07) is 0. The fourth-order valence-corrected chi connectivity index (χ4v) is 2.52. The number of nitrogens with zero attached hydrogens (tertiary/aromatic N) is 2. The van der Waals surface area contributed by atoms with Gasteiger partial charge in [-0.05, 0) is 19.8 Å². The molecule has 5 heteroatoms. The number of hydrogen-bond donors (Lipinski definition) is 1. The summed E-state index contributed by atoms with van der Waals surface area (Å²) >= 11 is 3.56. The Hall–Kier alpha value is -0.840. The van der Waals surface area contributed by atoms with Gasteiger partial charge < -0.3 is 4.90 Å². The Morgan fingerprint density at radius 3 is 3.13 bits per heavy atom. The maximum Gasteiger partial charge on any atom is 0.257 e. The molecule has 1 unspecified atom stereocenters. The van der Waals surface area contributed by atoms with Gasteiger partial charge in [-0.1, -0.05) is 15.9 Å². The first-order valence-corrected chi connectivity index (χ1v) is 6.03. The van der Waals surface area contributed by atoms with E-state index in [9.17, 15) is 4.79 Å². The average Bonchev–Trinajstić information content (AvgIpc) is 2.63. The van der Waals surface area contributed by atoms with Crippen LogP contribution in [-0.2, 0) is 0 Å². The van der Waals surface area contributed by atoms with Crippen molar-refractivity contribution in [2.45, 2.75) is 24.6 Å². The second-order valence-electron chi connectivity index (χ2n) is 3.90. The van der Waals surface area contributed by atoms with E-state index in [4.69, 9.17) is 0 Å². The van der Waals surface area contributed by atoms with E-state index >= 15 is 0 Å². The molecule has 15 heavy (non-hydrogen) atoms. The number of amides is 1. The molecule has 2 heterocycles. The molecule has 1 aromatic heterocycles. The maximum absolute atomic E-state index is 12.1. The zero-order chi connectivity index (χ0) is 10.8. The number of H-pyrrole nitrogens is 1. The van der Waals surface area contributed by atoms with Crippen molar-refractivity contribution in [3.63, 3.8) is 0 Å². The number of alkyl halides is 1. The minimum atomic E-state index is 0.0883. The minimum absolute atomic E-state index is 0.0883. The number of aryl methyl sites for hydroxylation is 1. The molecule has 0 saturated carbocycles. The van der Waals surface area contributed by atoms with E-state index in [2.05, 4.69) is 26.1 Å². The van der Waals surface area contributed by atoms with E-state index in [1.807, 2.05) is 11.8 Å². The van der Waals surface area contributed by atoms with Crippen molar-refractivity contribution in [3.05, 3.63) is 17.5 Å². The van der Waals surface area contributed by atoms with Crippen molar-refractivity contribution >= 4 is 21.8 Å². The summed E-state index contributed by atoms with van der Waals surface area (Å²) in [5.41, 5.74) is 1.54. The van der Waals surface area contributed by atoms with Crippen LogP contribution in [0.15, 0.2) is 6.20 Å². The van der Waals surface area contributed by atoms with Crippen LogP contribution in [0, 0.1) is 6.92 Å². The topological polar surface area (TPSA) is 49.0 Å². The number of nitrogens with one attached hydrogen (secondary N) is 1. The number of rotatable bonds is 1. The van der Waals surface area contributed by atoms with Crippen molar-refractivity contribution in [2.24, 2.45) is 0 Å². The highest BCUT2D eigenvalue weighted by molar-refractivity contribution is 9.09. The fraction of sp³-hybridized carbons (Fsp3) is 0.600. The van der Waals surface area contributed by atoms with Crippen LogP contribution in [-0.4, -0.2) is 38.9 Å². The first-order chi connectivity index (χ1) is 7.18. The van der Waals surface area contributed by atoms with Gasteiger partial charge in [-0.3, -0.25) is 9.89 Å². The standard InChI is InChI=1S/C10H14BrN3O/c1-7-9(5-12-13-7)10(15)14-4-2-3-8(11)6-14/h5,8H,2-4,6H2,1H3,(H,12,13). The average molecular weight is 272 g/mol. The Morgan fingerprint density at radius 1 is 1.73 bits per heavy atom. The van der Waals surface area contributed by atoms with Gasteiger partial charge in [-0.2, -0.15) is 5.10 Å². The van der Waals surface area contributed by atoms with Crippen LogP contribution in [0.3, 0.4) is 0 Å². The number of halogens is 1. The van der Waals surface area contributed by atoms with Crippen molar-refractivity contribution in [1.29, 1.82) is 0 Å². The largest absolute Gasteiger partial charge is 0.337 e. The van der Waals surface area contributed by atoms with Crippen molar-refractivity contribution in [3.8, 4) is 0 Å². The quantitative estimate of drug-likeness (QED) is 0.791. The van der Waals surface area contributed by atoms with E-state index in [1.54, 1.807) is 6.20 Å². The summed E-state index contributed by atoms with van der Waals surface area (Å²) in [6.07, 6.45) is 3.82. The van der Waals surface area contributed by atoms with Gasteiger partial charge >= 0.3 is 0 Å². The summed E-state index contributed by atoms with van der Waals surface area (Å²) in [5.74, 6) is 0.0883. The molecule has 0 bridgehead atoms. The minimum Gasteiger partial charge on any atom is -0.337 e. The molecule has 0 aliphatic carbocycles. The van der Waals surface area contributed by atoms with Gasteiger partial charge in [-0.25, -0.2) is 0 Å². The second kappa shape index (κ2) is 4.35. The molecule has 2 rings (SSSR count). The third-order valence-electron chi connectivity index (χ3n) is 2.71. The SMILES string of the molecule is Cc1[nH]ncc1C(=O)N1CCCC(Br)C1. The molecule has 0 aromatic carbocycles.